The van der Waals surface area contributed by atoms with Gasteiger partial charge in [-0.1, -0.05) is 36.4 Å². The molecule has 0 radical (unpaired) electrons. The van der Waals surface area contributed by atoms with Gasteiger partial charge in [0.15, 0.2) is 11.5 Å². The molecule has 0 aromatic heterocycles. The summed E-state index contributed by atoms with van der Waals surface area (Å²) in [5.74, 6) is 0.995. The average molecular weight is 621 g/mol. The van der Waals surface area contributed by atoms with Gasteiger partial charge in [-0.25, -0.2) is 0 Å². The van der Waals surface area contributed by atoms with E-state index in [2.05, 4.69) is 39.2 Å². The number of anilines is 1. The molecule has 7 nitrogen and oxygen atoms in total. The number of methoxy groups -OCH3 is 1. The van der Waals surface area contributed by atoms with Crippen molar-refractivity contribution < 1.29 is 27.6 Å². The molecule has 0 aliphatic rings. The number of nitrogens with zero attached hydrogens (tertiary/aromatic N) is 2. The number of hydrogen-bond donors (Lipinski definition) is 1. The Morgan fingerprint density at radius 1 is 1.05 bits per heavy atom. The number of hydrazone groups is 1. The highest BCUT2D eigenvalue weighted by Crippen LogP contribution is 2.36. The molecule has 37 heavy (non-hydrogen) atoms. The van der Waals surface area contributed by atoms with E-state index in [0.717, 1.165) is 32.0 Å². The molecular formula is C26H19F3IN3O4. The Balaban J connectivity index is 1.50. The fourth-order valence-electron chi connectivity index (χ4n) is 3.57. The van der Waals surface area contributed by atoms with Crippen molar-refractivity contribution in [3.05, 3.63) is 103 Å². The molecule has 0 aliphatic carbocycles. The maximum Gasteiger partial charge on any atom is 0.416 e. The summed E-state index contributed by atoms with van der Waals surface area (Å²) in [7, 11) is 1.50. The number of nitro benzene ring substituents is 1. The van der Waals surface area contributed by atoms with Crippen molar-refractivity contribution in [2.45, 2.75) is 12.8 Å². The first-order valence-electron chi connectivity index (χ1n) is 10.8. The Morgan fingerprint density at radius 3 is 2.51 bits per heavy atom. The van der Waals surface area contributed by atoms with E-state index in [1.807, 2.05) is 36.4 Å². The molecule has 11 heteroatoms. The monoisotopic (exact) mass is 621 g/mol. The smallest absolute Gasteiger partial charge is 0.416 e. The van der Waals surface area contributed by atoms with Crippen LogP contribution in [0.3, 0.4) is 0 Å². The van der Waals surface area contributed by atoms with Gasteiger partial charge < -0.3 is 9.47 Å². The third kappa shape index (κ3) is 6.28. The van der Waals surface area contributed by atoms with Gasteiger partial charge in [0.25, 0.3) is 5.69 Å². The predicted molar refractivity (Wildman–Crippen MR) is 143 cm³/mol. The van der Waals surface area contributed by atoms with Gasteiger partial charge in [-0.05, 0) is 74.8 Å². The quantitative estimate of drug-likeness (QED) is 0.0959. The molecule has 0 bridgehead atoms. The first-order chi connectivity index (χ1) is 17.7. The number of halogens is 4. The lowest BCUT2D eigenvalue weighted by Crippen LogP contribution is -2.06. The van der Waals surface area contributed by atoms with Crippen molar-refractivity contribution in [1.29, 1.82) is 0 Å². The second kappa shape index (κ2) is 11.0. The van der Waals surface area contributed by atoms with E-state index < -0.39 is 22.4 Å². The second-order valence-corrected chi connectivity index (χ2v) is 9.02. The zero-order valence-electron chi connectivity index (χ0n) is 19.3. The van der Waals surface area contributed by atoms with Crippen molar-refractivity contribution in [2.24, 2.45) is 5.10 Å². The predicted octanol–water partition coefficient (Wildman–Crippen LogP) is 7.41. The van der Waals surface area contributed by atoms with Crippen LogP contribution in [-0.2, 0) is 12.8 Å². The first kappa shape index (κ1) is 26.2. The Morgan fingerprint density at radius 2 is 1.81 bits per heavy atom. The van der Waals surface area contributed by atoms with Gasteiger partial charge >= 0.3 is 6.18 Å². The highest BCUT2D eigenvalue weighted by atomic mass is 127. The van der Waals surface area contributed by atoms with Crippen LogP contribution in [0.2, 0.25) is 0 Å². The van der Waals surface area contributed by atoms with Gasteiger partial charge in [0.2, 0.25) is 0 Å². The van der Waals surface area contributed by atoms with Gasteiger partial charge in [-0.15, -0.1) is 0 Å². The molecule has 0 heterocycles. The summed E-state index contributed by atoms with van der Waals surface area (Å²) in [5.41, 5.74) is 1.98. The summed E-state index contributed by atoms with van der Waals surface area (Å²) in [6, 6.07) is 19.7. The lowest BCUT2D eigenvalue weighted by Gasteiger charge is -2.14. The summed E-state index contributed by atoms with van der Waals surface area (Å²) < 4.78 is 50.9. The largest absolute Gasteiger partial charge is 0.493 e. The van der Waals surface area contributed by atoms with Gasteiger partial charge in [0, 0.05) is 6.07 Å². The summed E-state index contributed by atoms with van der Waals surface area (Å²) in [6.07, 6.45) is -3.32. The second-order valence-electron chi connectivity index (χ2n) is 7.86. The standard InChI is InChI=1S/C26H19F3IN3O4/c1-36-24-12-17(14-31-32-22-9-8-20(26(27,28)29)13-23(22)33(34)35)11-21(30)25(24)37-15-16-6-7-18-4-2-3-5-19(18)10-16/h2-14,32H,15H2,1H3/b31-14-. The number of nitrogens with one attached hydrogen (secondary N) is 1. The van der Waals surface area contributed by atoms with Crippen molar-refractivity contribution >= 4 is 51.0 Å². The molecule has 0 atom stereocenters. The van der Waals surface area contributed by atoms with E-state index in [4.69, 9.17) is 9.47 Å². The maximum absolute atomic E-state index is 12.9. The van der Waals surface area contributed by atoms with E-state index in [1.165, 1.54) is 13.3 Å². The lowest BCUT2D eigenvalue weighted by molar-refractivity contribution is -0.384. The number of rotatable bonds is 8. The van der Waals surface area contributed by atoms with Gasteiger partial charge in [-0.2, -0.15) is 18.3 Å². The van der Waals surface area contributed by atoms with Crippen molar-refractivity contribution in [3.63, 3.8) is 0 Å². The number of ether oxygens (including phenoxy) is 2. The minimum atomic E-state index is -4.70. The zero-order chi connectivity index (χ0) is 26.6. The van der Waals surface area contributed by atoms with E-state index in [1.54, 1.807) is 12.1 Å². The Hall–Kier alpha value is -3.87. The summed E-state index contributed by atoms with van der Waals surface area (Å²) in [4.78, 5) is 10.3. The molecule has 0 unspecified atom stereocenters. The number of benzene rings is 4. The average Bonchev–Trinajstić information content (AvgIpc) is 2.87. The summed E-state index contributed by atoms with van der Waals surface area (Å²) in [5, 5.41) is 17.4. The summed E-state index contributed by atoms with van der Waals surface area (Å²) in [6.45, 7) is 0.323. The van der Waals surface area contributed by atoms with Crippen LogP contribution in [0, 0.1) is 13.7 Å². The number of fused-ring (bicyclic) bond motifs is 1. The molecule has 0 amide bonds. The van der Waals surface area contributed by atoms with Crippen molar-refractivity contribution in [2.75, 3.05) is 12.5 Å². The van der Waals surface area contributed by atoms with Crippen LogP contribution in [0.15, 0.2) is 77.9 Å². The van der Waals surface area contributed by atoms with Crippen LogP contribution >= 0.6 is 22.6 Å². The van der Waals surface area contributed by atoms with Crippen LogP contribution in [-0.4, -0.2) is 18.2 Å². The first-order valence-corrected chi connectivity index (χ1v) is 11.9. The Labute approximate surface area is 223 Å². The maximum atomic E-state index is 12.9. The Kier molecular flexibility index (Phi) is 7.81. The Bertz CT molecular complexity index is 1490. The van der Waals surface area contributed by atoms with E-state index >= 15 is 0 Å². The van der Waals surface area contributed by atoms with E-state index in [9.17, 15) is 23.3 Å². The summed E-state index contributed by atoms with van der Waals surface area (Å²) >= 11 is 2.10. The van der Waals surface area contributed by atoms with Gasteiger partial charge in [-0.3, -0.25) is 15.5 Å². The molecule has 4 rings (SSSR count). The molecule has 0 fully saturated rings. The van der Waals surface area contributed by atoms with Crippen molar-refractivity contribution in [3.8, 4) is 11.5 Å². The molecule has 4 aromatic carbocycles. The van der Waals surface area contributed by atoms with Crippen LogP contribution in [0.5, 0.6) is 11.5 Å². The van der Waals surface area contributed by atoms with E-state index in [-0.39, 0.29) is 5.69 Å². The third-order valence-corrected chi connectivity index (χ3v) is 6.17. The fourth-order valence-corrected chi connectivity index (χ4v) is 4.35. The molecule has 1 N–H and O–H groups in total. The molecule has 0 spiro atoms. The van der Waals surface area contributed by atoms with Crippen molar-refractivity contribution in [1.82, 2.24) is 0 Å². The van der Waals surface area contributed by atoms with Crippen LogP contribution in [0.4, 0.5) is 24.5 Å². The fraction of sp³-hybridized carbons (Fsp3) is 0.115. The van der Waals surface area contributed by atoms with Crippen LogP contribution < -0.4 is 14.9 Å². The van der Waals surface area contributed by atoms with Crippen LogP contribution in [0.25, 0.3) is 10.8 Å². The minimum Gasteiger partial charge on any atom is -0.493 e. The number of alkyl halides is 3. The molecule has 4 aromatic rings. The highest BCUT2D eigenvalue weighted by Gasteiger charge is 2.33. The molecule has 0 saturated carbocycles. The normalized spacial score (nSPS) is 11.6. The highest BCUT2D eigenvalue weighted by molar-refractivity contribution is 14.1. The molecule has 0 saturated heterocycles. The SMILES string of the molecule is COc1cc(/C=N\Nc2ccc(C(F)(F)F)cc2[N+](=O)[O-])cc(I)c1OCc1ccc2ccccc2c1. The number of hydrogen-bond acceptors (Lipinski definition) is 6. The van der Waals surface area contributed by atoms with Gasteiger partial charge in [0.1, 0.15) is 12.3 Å². The van der Waals surface area contributed by atoms with Gasteiger partial charge in [0.05, 0.1) is 27.4 Å². The lowest BCUT2D eigenvalue weighted by atomic mass is 10.1. The molecular weight excluding hydrogens is 602 g/mol. The number of nitro groups is 1. The van der Waals surface area contributed by atoms with Crippen LogP contribution in [0.1, 0.15) is 16.7 Å². The topological polar surface area (TPSA) is 86.0 Å². The zero-order valence-corrected chi connectivity index (χ0v) is 21.4. The molecule has 0 aliphatic heterocycles. The van der Waals surface area contributed by atoms with E-state index in [0.29, 0.717) is 29.7 Å². The molecule has 190 valence electrons. The third-order valence-electron chi connectivity index (χ3n) is 5.37. The minimum absolute atomic E-state index is 0.175.